The highest BCUT2D eigenvalue weighted by molar-refractivity contribution is 5.97. The molecule has 150 valence electrons. The van der Waals surface area contributed by atoms with Crippen LogP contribution in [0.1, 0.15) is 21.6 Å². The number of aromatic nitrogens is 3. The number of fused-ring (bicyclic) bond motifs is 1. The molecule has 0 saturated heterocycles. The van der Waals surface area contributed by atoms with Crippen molar-refractivity contribution in [2.24, 2.45) is 0 Å². The van der Waals surface area contributed by atoms with Gasteiger partial charge in [0.1, 0.15) is 5.82 Å². The first-order valence-corrected chi connectivity index (χ1v) is 9.52. The van der Waals surface area contributed by atoms with Crippen molar-refractivity contribution < 1.29 is 4.79 Å². The number of hydrogen-bond acceptors (Lipinski definition) is 5. The molecule has 0 aliphatic carbocycles. The van der Waals surface area contributed by atoms with E-state index in [0.29, 0.717) is 22.5 Å². The summed E-state index contributed by atoms with van der Waals surface area (Å²) in [6.45, 7) is 3.78. The number of nitrogens with zero attached hydrogens (tertiary/aromatic N) is 2. The second kappa shape index (κ2) is 7.79. The van der Waals surface area contributed by atoms with Gasteiger partial charge in [-0.05, 0) is 67.3 Å². The van der Waals surface area contributed by atoms with Crippen molar-refractivity contribution in [2.75, 3.05) is 12.4 Å². The van der Waals surface area contributed by atoms with Crippen molar-refractivity contribution in [1.29, 1.82) is 0 Å². The van der Waals surface area contributed by atoms with Crippen LogP contribution in [0.5, 0.6) is 0 Å². The fourth-order valence-electron chi connectivity index (χ4n) is 3.39. The molecular weight excluding hydrogens is 378 g/mol. The van der Waals surface area contributed by atoms with Crippen molar-refractivity contribution in [3.05, 3.63) is 81.9 Å². The number of aromatic amines is 1. The lowest BCUT2D eigenvalue weighted by molar-refractivity contribution is 0.0962. The van der Waals surface area contributed by atoms with Gasteiger partial charge in [0.15, 0.2) is 0 Å². The summed E-state index contributed by atoms with van der Waals surface area (Å²) >= 11 is 0. The Hall–Kier alpha value is -4.00. The van der Waals surface area contributed by atoms with Crippen molar-refractivity contribution in [1.82, 2.24) is 20.3 Å². The van der Waals surface area contributed by atoms with Crippen LogP contribution in [0.15, 0.2) is 59.5 Å². The Labute approximate surface area is 173 Å². The maximum absolute atomic E-state index is 12.5. The Kier molecular flexibility index (Phi) is 5.02. The van der Waals surface area contributed by atoms with E-state index < -0.39 is 0 Å². The fraction of sp³-hybridized carbons (Fsp3) is 0.130. The molecule has 0 aliphatic rings. The minimum atomic E-state index is -0.232. The van der Waals surface area contributed by atoms with Crippen LogP contribution < -0.4 is 16.2 Å². The molecule has 0 radical (unpaired) electrons. The third-order valence-electron chi connectivity index (χ3n) is 4.87. The zero-order chi connectivity index (χ0) is 21.3. The van der Waals surface area contributed by atoms with Gasteiger partial charge in [-0.15, -0.1) is 0 Å². The highest BCUT2D eigenvalue weighted by Gasteiger charge is 2.13. The number of H-pyrrole nitrogens is 1. The first-order valence-electron chi connectivity index (χ1n) is 9.52. The van der Waals surface area contributed by atoms with Gasteiger partial charge in [0.05, 0.1) is 16.8 Å². The Morgan fingerprint density at radius 3 is 2.57 bits per heavy atom. The van der Waals surface area contributed by atoms with Gasteiger partial charge in [-0.1, -0.05) is 6.07 Å². The van der Waals surface area contributed by atoms with Gasteiger partial charge in [0.2, 0.25) is 0 Å². The minimum Gasteiger partial charge on any atom is -0.355 e. The van der Waals surface area contributed by atoms with E-state index in [1.54, 1.807) is 25.4 Å². The first kappa shape index (κ1) is 19.3. The van der Waals surface area contributed by atoms with Crippen LogP contribution in [0, 0.1) is 13.8 Å². The van der Waals surface area contributed by atoms with Gasteiger partial charge < -0.3 is 15.6 Å². The summed E-state index contributed by atoms with van der Waals surface area (Å²) in [7, 11) is 1.60. The largest absolute Gasteiger partial charge is 0.355 e. The number of nitrogens with one attached hydrogen (secondary N) is 3. The van der Waals surface area contributed by atoms with E-state index in [2.05, 4.69) is 20.6 Å². The number of hydrogen-bond donors (Lipinski definition) is 3. The fourth-order valence-corrected chi connectivity index (χ4v) is 3.39. The molecule has 0 fully saturated rings. The highest BCUT2D eigenvalue weighted by atomic mass is 16.1. The molecule has 4 rings (SSSR count). The predicted molar refractivity (Wildman–Crippen MR) is 118 cm³/mol. The molecule has 0 atom stereocenters. The standard InChI is InChI=1S/C23H21N5O2/c1-13-11-16(7-8-17(13)22(29)24-3)27-21-20-15(9-10-25-23(20)30)12-19(28-21)18-6-4-5-14(2)26-18/h4-12H,1-3H3,(H,24,29)(H,25,30)(H,27,28). The molecule has 4 aromatic rings. The number of benzene rings is 1. The molecule has 0 spiro atoms. The molecule has 3 N–H and O–H groups in total. The molecule has 0 bridgehead atoms. The number of carbonyl (C=O) groups excluding carboxylic acids is 1. The highest BCUT2D eigenvalue weighted by Crippen LogP contribution is 2.27. The lowest BCUT2D eigenvalue weighted by Gasteiger charge is -2.13. The van der Waals surface area contributed by atoms with Crippen LogP contribution in [0.3, 0.4) is 0 Å². The van der Waals surface area contributed by atoms with Crippen molar-refractivity contribution in [2.45, 2.75) is 13.8 Å². The van der Waals surface area contributed by atoms with Crippen LogP contribution in [-0.4, -0.2) is 27.9 Å². The summed E-state index contributed by atoms with van der Waals surface area (Å²) in [4.78, 5) is 36.5. The van der Waals surface area contributed by atoms with E-state index in [1.807, 2.05) is 50.2 Å². The second-order valence-electron chi connectivity index (χ2n) is 7.03. The maximum Gasteiger partial charge on any atom is 0.259 e. The number of rotatable bonds is 4. The molecule has 7 heteroatoms. The summed E-state index contributed by atoms with van der Waals surface area (Å²) < 4.78 is 0. The molecular formula is C23H21N5O2. The van der Waals surface area contributed by atoms with Crippen molar-refractivity contribution in [3.63, 3.8) is 0 Å². The van der Waals surface area contributed by atoms with E-state index in [1.165, 1.54) is 0 Å². The maximum atomic E-state index is 12.5. The summed E-state index contributed by atoms with van der Waals surface area (Å²) in [6.07, 6.45) is 1.62. The molecule has 0 saturated carbocycles. The van der Waals surface area contributed by atoms with Gasteiger partial charge in [-0.3, -0.25) is 14.6 Å². The van der Waals surface area contributed by atoms with Crippen LogP contribution in [0.25, 0.3) is 22.2 Å². The summed E-state index contributed by atoms with van der Waals surface area (Å²) in [6, 6.07) is 14.8. The number of anilines is 2. The van der Waals surface area contributed by atoms with E-state index in [9.17, 15) is 9.59 Å². The lowest BCUT2D eigenvalue weighted by atomic mass is 10.1. The summed E-state index contributed by atoms with van der Waals surface area (Å²) in [5.74, 6) is 0.284. The number of pyridine rings is 3. The third-order valence-corrected chi connectivity index (χ3v) is 4.87. The Balaban J connectivity index is 1.84. The Bertz CT molecular complexity index is 1330. The normalized spacial score (nSPS) is 10.8. The van der Waals surface area contributed by atoms with E-state index in [-0.39, 0.29) is 11.5 Å². The number of aryl methyl sites for hydroxylation is 2. The van der Waals surface area contributed by atoms with Crippen LogP contribution in [0.2, 0.25) is 0 Å². The summed E-state index contributed by atoms with van der Waals surface area (Å²) in [5.41, 5.74) is 4.18. The Morgan fingerprint density at radius 2 is 1.83 bits per heavy atom. The summed E-state index contributed by atoms with van der Waals surface area (Å²) in [5, 5.41) is 7.09. The van der Waals surface area contributed by atoms with E-state index in [4.69, 9.17) is 4.98 Å². The predicted octanol–water partition coefficient (Wildman–Crippen LogP) is 3.71. The molecule has 3 heterocycles. The molecule has 1 amide bonds. The van der Waals surface area contributed by atoms with Crippen LogP contribution >= 0.6 is 0 Å². The lowest BCUT2D eigenvalue weighted by Crippen LogP contribution is -2.18. The van der Waals surface area contributed by atoms with E-state index in [0.717, 1.165) is 28.0 Å². The SMILES string of the molecule is CNC(=O)c1ccc(Nc2nc(-c3cccc(C)n3)cc3cc[nH]c(=O)c23)cc1C. The van der Waals surface area contributed by atoms with Gasteiger partial charge in [-0.25, -0.2) is 4.98 Å². The number of amides is 1. The Morgan fingerprint density at radius 1 is 1.00 bits per heavy atom. The zero-order valence-corrected chi connectivity index (χ0v) is 16.9. The molecule has 30 heavy (non-hydrogen) atoms. The van der Waals surface area contributed by atoms with Gasteiger partial charge in [-0.2, -0.15) is 0 Å². The van der Waals surface area contributed by atoms with Crippen LogP contribution in [0.4, 0.5) is 11.5 Å². The van der Waals surface area contributed by atoms with E-state index >= 15 is 0 Å². The molecule has 1 aromatic carbocycles. The monoisotopic (exact) mass is 399 g/mol. The molecule has 0 aliphatic heterocycles. The molecule has 3 aromatic heterocycles. The number of carbonyl (C=O) groups is 1. The van der Waals surface area contributed by atoms with Gasteiger partial charge in [0.25, 0.3) is 11.5 Å². The zero-order valence-electron chi connectivity index (χ0n) is 16.9. The van der Waals surface area contributed by atoms with Crippen molar-refractivity contribution in [3.8, 4) is 11.4 Å². The van der Waals surface area contributed by atoms with Crippen LogP contribution in [-0.2, 0) is 0 Å². The average Bonchev–Trinajstić information content (AvgIpc) is 2.73. The third kappa shape index (κ3) is 3.65. The second-order valence-corrected chi connectivity index (χ2v) is 7.03. The average molecular weight is 399 g/mol. The van der Waals surface area contributed by atoms with Gasteiger partial charge in [0, 0.05) is 30.2 Å². The quantitative estimate of drug-likeness (QED) is 0.486. The smallest absolute Gasteiger partial charge is 0.259 e. The first-order chi connectivity index (χ1) is 14.5. The van der Waals surface area contributed by atoms with Crippen molar-refractivity contribution >= 4 is 28.2 Å². The molecule has 7 nitrogen and oxygen atoms in total. The molecule has 0 unspecified atom stereocenters. The topological polar surface area (TPSA) is 99.8 Å². The minimum absolute atomic E-state index is 0.147. The van der Waals surface area contributed by atoms with Gasteiger partial charge >= 0.3 is 0 Å².